The zero-order chi connectivity index (χ0) is 12.4. The average molecular weight is 241 g/mol. The van der Waals surface area contributed by atoms with Crippen LogP contribution in [0.3, 0.4) is 0 Å². The summed E-state index contributed by atoms with van der Waals surface area (Å²) in [5.41, 5.74) is 8.45. The Labute approximate surface area is 107 Å². The number of benzene rings is 1. The maximum atomic E-state index is 6.48. The monoisotopic (exact) mass is 241 g/mol. The second kappa shape index (κ2) is 4.58. The molecule has 3 rings (SSSR count). The third kappa shape index (κ3) is 2.06. The van der Waals surface area contributed by atoms with Crippen molar-refractivity contribution in [3.63, 3.8) is 0 Å². The molecule has 3 nitrogen and oxygen atoms in total. The molecule has 2 aromatic rings. The molecule has 0 radical (unpaired) electrons. The second-order valence-electron chi connectivity index (χ2n) is 5.23. The van der Waals surface area contributed by atoms with Gasteiger partial charge in [-0.05, 0) is 18.4 Å². The summed E-state index contributed by atoms with van der Waals surface area (Å²) in [7, 11) is 0. The molecule has 1 aromatic carbocycles. The molecule has 1 saturated carbocycles. The fourth-order valence-corrected chi connectivity index (χ4v) is 2.76. The van der Waals surface area contributed by atoms with Crippen LogP contribution in [0.15, 0.2) is 36.5 Å². The number of H-pyrrole nitrogens is 1. The van der Waals surface area contributed by atoms with Crippen molar-refractivity contribution in [1.82, 2.24) is 9.97 Å². The van der Waals surface area contributed by atoms with Crippen LogP contribution in [-0.4, -0.2) is 9.97 Å². The first-order valence-corrected chi connectivity index (χ1v) is 6.68. The molecule has 0 saturated heterocycles. The lowest BCUT2D eigenvalue weighted by Gasteiger charge is -2.31. The molecule has 0 atom stereocenters. The number of hydrogen-bond acceptors (Lipinski definition) is 2. The van der Waals surface area contributed by atoms with E-state index in [0.29, 0.717) is 0 Å². The van der Waals surface area contributed by atoms with E-state index in [1.54, 1.807) is 0 Å². The molecule has 0 bridgehead atoms. The van der Waals surface area contributed by atoms with Gasteiger partial charge in [0.1, 0.15) is 5.82 Å². The van der Waals surface area contributed by atoms with Crippen molar-refractivity contribution in [2.45, 2.75) is 37.6 Å². The maximum absolute atomic E-state index is 6.48. The molecular formula is C15H19N3. The lowest BCUT2D eigenvalue weighted by Crippen LogP contribution is -2.39. The smallest absolute Gasteiger partial charge is 0.126 e. The number of nitrogens with one attached hydrogen (secondary N) is 1. The minimum Gasteiger partial charge on any atom is -0.340 e. The van der Waals surface area contributed by atoms with Gasteiger partial charge in [0, 0.05) is 0 Å². The van der Waals surface area contributed by atoms with Gasteiger partial charge >= 0.3 is 0 Å². The van der Waals surface area contributed by atoms with Crippen molar-refractivity contribution in [1.29, 1.82) is 0 Å². The van der Waals surface area contributed by atoms with Crippen LogP contribution in [-0.2, 0) is 5.54 Å². The normalized spacial score (nSPS) is 18.7. The Morgan fingerprint density at radius 3 is 2.50 bits per heavy atom. The predicted octanol–water partition coefficient (Wildman–Crippen LogP) is 3.19. The fraction of sp³-hybridized carbons (Fsp3) is 0.400. The summed E-state index contributed by atoms with van der Waals surface area (Å²) in [6, 6.07) is 10.3. The summed E-state index contributed by atoms with van der Waals surface area (Å²) in [5.74, 6) is 0.945. The number of imidazole rings is 1. The van der Waals surface area contributed by atoms with Crippen molar-refractivity contribution in [2.24, 2.45) is 5.73 Å². The molecule has 1 aliphatic rings. The van der Waals surface area contributed by atoms with Crippen LogP contribution < -0.4 is 5.73 Å². The van der Waals surface area contributed by atoms with Gasteiger partial charge in [-0.1, -0.05) is 49.6 Å². The Bertz CT molecular complexity index is 510. The topological polar surface area (TPSA) is 54.7 Å². The van der Waals surface area contributed by atoms with Gasteiger partial charge in [0.25, 0.3) is 0 Å². The van der Waals surface area contributed by atoms with Gasteiger partial charge in [0.05, 0.1) is 17.4 Å². The van der Waals surface area contributed by atoms with Crippen molar-refractivity contribution in [2.75, 3.05) is 0 Å². The van der Waals surface area contributed by atoms with E-state index in [-0.39, 0.29) is 5.54 Å². The summed E-state index contributed by atoms with van der Waals surface area (Å²) in [6.45, 7) is 0. The van der Waals surface area contributed by atoms with Crippen LogP contribution >= 0.6 is 0 Å². The molecule has 0 amide bonds. The van der Waals surface area contributed by atoms with E-state index >= 15 is 0 Å². The highest BCUT2D eigenvalue weighted by Crippen LogP contribution is 2.33. The van der Waals surface area contributed by atoms with Gasteiger partial charge in [0.2, 0.25) is 0 Å². The number of hydrogen-bond donors (Lipinski definition) is 2. The average Bonchev–Trinajstić information content (AvgIpc) is 2.91. The van der Waals surface area contributed by atoms with E-state index in [2.05, 4.69) is 22.1 Å². The van der Waals surface area contributed by atoms with Crippen molar-refractivity contribution in [3.8, 4) is 11.3 Å². The number of nitrogens with two attached hydrogens (primary N) is 1. The zero-order valence-electron chi connectivity index (χ0n) is 10.5. The van der Waals surface area contributed by atoms with Crippen molar-refractivity contribution >= 4 is 0 Å². The van der Waals surface area contributed by atoms with Gasteiger partial charge in [-0.15, -0.1) is 0 Å². The van der Waals surface area contributed by atoms with Crippen LogP contribution in [0, 0.1) is 0 Å². The van der Waals surface area contributed by atoms with Gasteiger partial charge in [0.15, 0.2) is 0 Å². The third-order valence-corrected chi connectivity index (χ3v) is 3.88. The van der Waals surface area contributed by atoms with E-state index in [0.717, 1.165) is 29.9 Å². The first-order chi connectivity index (χ1) is 8.78. The number of nitrogens with zero attached hydrogens (tertiary/aromatic N) is 1. The third-order valence-electron chi connectivity index (χ3n) is 3.88. The van der Waals surface area contributed by atoms with Crippen molar-refractivity contribution < 1.29 is 0 Å². The van der Waals surface area contributed by atoms with E-state index in [1.165, 1.54) is 19.3 Å². The first kappa shape index (κ1) is 11.5. The van der Waals surface area contributed by atoms with Gasteiger partial charge in [-0.2, -0.15) is 0 Å². The van der Waals surface area contributed by atoms with E-state index < -0.39 is 0 Å². The molecule has 1 fully saturated rings. The Balaban J connectivity index is 1.89. The Kier molecular flexibility index (Phi) is 2.92. The molecule has 0 aliphatic heterocycles. The summed E-state index contributed by atoms with van der Waals surface area (Å²) >= 11 is 0. The number of aromatic amines is 1. The van der Waals surface area contributed by atoms with E-state index in [9.17, 15) is 0 Å². The number of rotatable bonds is 2. The van der Waals surface area contributed by atoms with E-state index in [4.69, 9.17) is 5.73 Å². The maximum Gasteiger partial charge on any atom is 0.126 e. The van der Waals surface area contributed by atoms with Crippen LogP contribution in [0.5, 0.6) is 0 Å². The zero-order valence-corrected chi connectivity index (χ0v) is 10.5. The minimum absolute atomic E-state index is 0.245. The minimum atomic E-state index is -0.245. The summed E-state index contributed by atoms with van der Waals surface area (Å²) in [6.07, 6.45) is 7.68. The Morgan fingerprint density at radius 1 is 1.06 bits per heavy atom. The van der Waals surface area contributed by atoms with Crippen LogP contribution in [0.25, 0.3) is 11.3 Å². The summed E-state index contributed by atoms with van der Waals surface area (Å²) in [5, 5.41) is 0. The highest BCUT2D eigenvalue weighted by atomic mass is 15.0. The molecule has 1 heterocycles. The second-order valence-corrected chi connectivity index (χ2v) is 5.23. The molecule has 94 valence electrons. The summed E-state index contributed by atoms with van der Waals surface area (Å²) in [4.78, 5) is 7.91. The molecule has 0 spiro atoms. The highest BCUT2D eigenvalue weighted by molar-refractivity contribution is 5.58. The van der Waals surface area contributed by atoms with Crippen LogP contribution in [0.2, 0.25) is 0 Å². The Hall–Kier alpha value is -1.61. The Morgan fingerprint density at radius 2 is 1.78 bits per heavy atom. The van der Waals surface area contributed by atoms with Gasteiger partial charge < -0.3 is 10.7 Å². The quantitative estimate of drug-likeness (QED) is 0.848. The highest BCUT2D eigenvalue weighted by Gasteiger charge is 2.32. The van der Waals surface area contributed by atoms with Crippen LogP contribution in [0.4, 0.5) is 0 Å². The van der Waals surface area contributed by atoms with Gasteiger partial charge in [-0.25, -0.2) is 4.98 Å². The SMILES string of the molecule is NC1(c2ncc(-c3ccccc3)[nH]2)CCCCC1. The molecule has 18 heavy (non-hydrogen) atoms. The molecular weight excluding hydrogens is 222 g/mol. The number of aromatic nitrogens is 2. The largest absolute Gasteiger partial charge is 0.340 e. The predicted molar refractivity (Wildman–Crippen MR) is 73.0 cm³/mol. The lowest BCUT2D eigenvalue weighted by molar-refractivity contribution is 0.289. The standard InChI is InChI=1S/C15H19N3/c16-15(9-5-2-6-10-15)14-17-11-13(18-14)12-7-3-1-4-8-12/h1,3-4,7-8,11H,2,5-6,9-10,16H2,(H,17,18). The molecule has 1 aromatic heterocycles. The molecule has 3 heteroatoms. The van der Waals surface area contributed by atoms with Gasteiger partial charge in [-0.3, -0.25) is 0 Å². The van der Waals surface area contributed by atoms with E-state index in [1.807, 2.05) is 24.4 Å². The molecule has 1 aliphatic carbocycles. The molecule has 0 unspecified atom stereocenters. The lowest BCUT2D eigenvalue weighted by atomic mass is 9.82. The fourth-order valence-electron chi connectivity index (χ4n) is 2.76. The van der Waals surface area contributed by atoms with Crippen molar-refractivity contribution in [3.05, 3.63) is 42.4 Å². The molecule has 3 N–H and O–H groups in total. The summed E-state index contributed by atoms with van der Waals surface area (Å²) < 4.78 is 0. The first-order valence-electron chi connectivity index (χ1n) is 6.68. The van der Waals surface area contributed by atoms with Crippen LogP contribution in [0.1, 0.15) is 37.9 Å².